The Kier molecular flexibility index (Phi) is 4.39. The fourth-order valence-electron chi connectivity index (χ4n) is 1.57. The molecule has 0 unspecified atom stereocenters. The third-order valence-corrected chi connectivity index (χ3v) is 4.46. The van der Waals surface area contributed by atoms with Crippen LogP contribution in [0.25, 0.3) is 0 Å². The van der Waals surface area contributed by atoms with Crippen molar-refractivity contribution in [2.45, 2.75) is 6.54 Å². The summed E-state index contributed by atoms with van der Waals surface area (Å²) in [5, 5.41) is 16.0. The molecule has 0 fully saturated rings. The minimum Gasteiger partial charge on any atom is -0.497 e. The van der Waals surface area contributed by atoms with Gasteiger partial charge in [0.2, 0.25) is 0 Å². The van der Waals surface area contributed by atoms with Gasteiger partial charge in [-0.05, 0) is 33.4 Å². The topological polar surface area (TPSA) is 64.4 Å². The van der Waals surface area contributed by atoms with Crippen molar-refractivity contribution in [1.29, 1.82) is 0 Å². The third kappa shape index (κ3) is 3.24. The fourth-order valence-corrected chi connectivity index (χ4v) is 3.00. The molecule has 100 valence electrons. The van der Waals surface area contributed by atoms with Crippen LogP contribution in [-0.2, 0) is 6.54 Å². The van der Waals surface area contributed by atoms with E-state index in [4.69, 9.17) is 4.74 Å². The fraction of sp³-hybridized carbons (Fsp3) is 0.167. The average molecular weight is 343 g/mol. The van der Waals surface area contributed by atoms with E-state index in [1.165, 1.54) is 13.2 Å². The number of benzene rings is 1. The molecular formula is C12H11BrN2O3S. The van der Waals surface area contributed by atoms with Crippen LogP contribution < -0.4 is 10.1 Å². The molecule has 0 amide bonds. The van der Waals surface area contributed by atoms with Crippen LogP contribution in [0, 0.1) is 10.1 Å². The molecule has 1 aromatic carbocycles. The highest BCUT2D eigenvalue weighted by atomic mass is 79.9. The van der Waals surface area contributed by atoms with Crippen molar-refractivity contribution in [2.75, 3.05) is 12.4 Å². The van der Waals surface area contributed by atoms with Gasteiger partial charge in [-0.15, -0.1) is 11.3 Å². The first-order valence-corrected chi connectivity index (χ1v) is 7.07. The zero-order valence-corrected chi connectivity index (χ0v) is 12.5. The molecule has 5 nitrogen and oxygen atoms in total. The van der Waals surface area contributed by atoms with Gasteiger partial charge in [0.1, 0.15) is 11.4 Å². The van der Waals surface area contributed by atoms with Gasteiger partial charge < -0.3 is 10.1 Å². The first-order chi connectivity index (χ1) is 9.11. The van der Waals surface area contributed by atoms with Gasteiger partial charge in [0.25, 0.3) is 5.69 Å². The normalized spacial score (nSPS) is 10.2. The molecule has 7 heteroatoms. The molecule has 0 aliphatic carbocycles. The number of ether oxygens (including phenoxy) is 1. The molecule has 1 aromatic heterocycles. The Morgan fingerprint density at radius 1 is 1.47 bits per heavy atom. The quantitative estimate of drug-likeness (QED) is 0.657. The van der Waals surface area contributed by atoms with E-state index in [0.717, 1.165) is 9.35 Å². The number of methoxy groups -OCH3 is 1. The summed E-state index contributed by atoms with van der Waals surface area (Å²) in [5.74, 6) is 0.582. The second-order valence-corrected chi connectivity index (χ2v) is 5.54. The van der Waals surface area contributed by atoms with Crippen LogP contribution in [0.3, 0.4) is 0 Å². The van der Waals surface area contributed by atoms with Crippen molar-refractivity contribution in [3.63, 3.8) is 0 Å². The van der Waals surface area contributed by atoms with Gasteiger partial charge in [-0.3, -0.25) is 10.1 Å². The van der Waals surface area contributed by atoms with Crippen molar-refractivity contribution in [1.82, 2.24) is 0 Å². The largest absolute Gasteiger partial charge is 0.497 e. The van der Waals surface area contributed by atoms with Crippen LogP contribution in [0.5, 0.6) is 5.75 Å². The second kappa shape index (κ2) is 6.03. The zero-order valence-electron chi connectivity index (χ0n) is 10.1. The molecular weight excluding hydrogens is 332 g/mol. The standard InChI is InChI=1S/C12H11BrN2O3S/c1-18-8-2-3-11(15(16)17)10(6-8)14-7-12-9(13)4-5-19-12/h2-6,14H,7H2,1H3. The van der Waals surface area contributed by atoms with Gasteiger partial charge in [0.05, 0.1) is 18.6 Å². The summed E-state index contributed by atoms with van der Waals surface area (Å²) in [6.07, 6.45) is 0. The number of hydrogen-bond donors (Lipinski definition) is 1. The van der Waals surface area contributed by atoms with Crippen LogP contribution >= 0.6 is 27.3 Å². The Hall–Kier alpha value is -1.60. The number of nitrogens with zero attached hydrogens (tertiary/aromatic N) is 1. The molecule has 19 heavy (non-hydrogen) atoms. The minimum atomic E-state index is -0.411. The number of nitro groups is 1. The van der Waals surface area contributed by atoms with Crippen LogP contribution in [0.1, 0.15) is 4.88 Å². The maximum Gasteiger partial charge on any atom is 0.292 e. The number of nitrogens with one attached hydrogen (secondary N) is 1. The monoisotopic (exact) mass is 342 g/mol. The van der Waals surface area contributed by atoms with E-state index < -0.39 is 4.92 Å². The zero-order chi connectivity index (χ0) is 13.8. The predicted octanol–water partition coefficient (Wildman–Crippen LogP) is 4.04. The molecule has 0 atom stereocenters. The molecule has 1 heterocycles. The molecule has 1 N–H and O–H groups in total. The van der Waals surface area contributed by atoms with Crippen LogP contribution in [0.2, 0.25) is 0 Å². The maximum absolute atomic E-state index is 11.0. The number of nitro benzene ring substituents is 1. The van der Waals surface area contributed by atoms with Crippen LogP contribution in [0.15, 0.2) is 34.1 Å². The molecule has 0 bridgehead atoms. The number of halogens is 1. The van der Waals surface area contributed by atoms with Gasteiger partial charge in [-0.2, -0.15) is 0 Å². The lowest BCUT2D eigenvalue weighted by molar-refractivity contribution is -0.384. The molecule has 0 radical (unpaired) electrons. The van der Waals surface area contributed by atoms with E-state index in [-0.39, 0.29) is 5.69 Å². The smallest absolute Gasteiger partial charge is 0.292 e. The van der Waals surface area contributed by atoms with E-state index in [9.17, 15) is 10.1 Å². The Labute approximate surface area is 122 Å². The van der Waals surface area contributed by atoms with Crippen LogP contribution in [0.4, 0.5) is 11.4 Å². The maximum atomic E-state index is 11.0. The van der Waals surface area contributed by atoms with E-state index in [1.54, 1.807) is 23.5 Å². The Balaban J connectivity index is 2.22. The molecule has 0 aliphatic rings. The first kappa shape index (κ1) is 13.8. The summed E-state index contributed by atoms with van der Waals surface area (Å²) in [6.45, 7) is 0.520. The van der Waals surface area contributed by atoms with Gasteiger partial charge >= 0.3 is 0 Å². The Morgan fingerprint density at radius 2 is 2.26 bits per heavy atom. The highest BCUT2D eigenvalue weighted by molar-refractivity contribution is 9.10. The SMILES string of the molecule is COc1ccc([N+](=O)[O-])c(NCc2sccc2Br)c1. The molecule has 0 aliphatic heterocycles. The summed E-state index contributed by atoms with van der Waals surface area (Å²) in [4.78, 5) is 11.6. The highest BCUT2D eigenvalue weighted by Crippen LogP contribution is 2.30. The van der Waals surface area contributed by atoms with E-state index in [2.05, 4.69) is 21.2 Å². The second-order valence-electron chi connectivity index (χ2n) is 3.69. The average Bonchev–Trinajstić information content (AvgIpc) is 2.81. The Bertz CT molecular complexity index is 600. The van der Waals surface area contributed by atoms with E-state index >= 15 is 0 Å². The Morgan fingerprint density at radius 3 is 2.84 bits per heavy atom. The lowest BCUT2D eigenvalue weighted by Gasteiger charge is -2.08. The van der Waals surface area contributed by atoms with Gasteiger partial charge in [0.15, 0.2) is 0 Å². The molecule has 0 saturated heterocycles. The number of anilines is 1. The summed E-state index contributed by atoms with van der Waals surface area (Å²) < 4.78 is 6.08. The summed E-state index contributed by atoms with van der Waals surface area (Å²) in [7, 11) is 1.53. The lowest BCUT2D eigenvalue weighted by Crippen LogP contribution is -2.02. The first-order valence-electron chi connectivity index (χ1n) is 5.40. The van der Waals surface area contributed by atoms with Gasteiger partial charge in [-0.25, -0.2) is 0 Å². The molecule has 2 rings (SSSR count). The van der Waals surface area contributed by atoms with Gasteiger partial charge in [-0.1, -0.05) is 0 Å². The number of rotatable bonds is 5. The number of thiophene rings is 1. The predicted molar refractivity (Wildman–Crippen MR) is 79.0 cm³/mol. The van der Waals surface area contributed by atoms with Crippen molar-refractivity contribution in [2.24, 2.45) is 0 Å². The van der Waals surface area contributed by atoms with Crippen molar-refractivity contribution in [3.8, 4) is 5.75 Å². The minimum absolute atomic E-state index is 0.0356. The van der Waals surface area contributed by atoms with E-state index in [0.29, 0.717) is 18.0 Å². The molecule has 0 saturated carbocycles. The highest BCUT2D eigenvalue weighted by Gasteiger charge is 2.14. The third-order valence-electron chi connectivity index (χ3n) is 2.53. The summed E-state index contributed by atoms with van der Waals surface area (Å²) in [5.41, 5.74) is 0.484. The lowest BCUT2D eigenvalue weighted by atomic mass is 10.2. The van der Waals surface area contributed by atoms with Gasteiger partial charge in [0, 0.05) is 21.5 Å². The number of hydrogen-bond acceptors (Lipinski definition) is 5. The van der Waals surface area contributed by atoms with Crippen molar-refractivity contribution >= 4 is 38.6 Å². The summed E-state index contributed by atoms with van der Waals surface area (Å²) in [6, 6.07) is 6.58. The summed E-state index contributed by atoms with van der Waals surface area (Å²) >= 11 is 5.01. The van der Waals surface area contributed by atoms with Crippen molar-refractivity contribution < 1.29 is 9.66 Å². The van der Waals surface area contributed by atoms with Crippen molar-refractivity contribution in [3.05, 3.63) is 49.1 Å². The van der Waals surface area contributed by atoms with Crippen LogP contribution in [-0.4, -0.2) is 12.0 Å². The molecule has 2 aromatic rings. The van der Waals surface area contributed by atoms with E-state index in [1.807, 2.05) is 11.4 Å². The molecule has 0 spiro atoms.